The largest absolute Gasteiger partial charge is 0.466 e. The summed E-state index contributed by atoms with van der Waals surface area (Å²) in [5.74, 6) is 0. The van der Waals surface area contributed by atoms with Crippen molar-refractivity contribution in [1.29, 1.82) is 0 Å². The lowest BCUT2D eigenvalue weighted by molar-refractivity contribution is 0.332. The van der Waals surface area contributed by atoms with Crippen LogP contribution in [0, 0.1) is 0 Å². The highest BCUT2D eigenvalue weighted by Crippen LogP contribution is 2.55. The standard InChI is InChI=1S/C66H59BN2O3/c1-7-9-16-40-22-27-44(28-23-40)68-61-52-34-41(17-10-8-2)24-31-57(52)72-64(61)67-60-50(36-51-46-20-14-15-21-56(46)71-63(51)62(60)68)47-35-48-49-37-53-54(66(5,6)33-32-65(53,3)4)38-58(49)70-59(48)39-55(47)69(67)45-29-25-43(26-30-45)42-18-12-11-13-19-42/h11-15,18-31,34-39H,7-10,16-17,32-33H2,1-6H3. The molecule has 72 heavy (non-hydrogen) atoms. The van der Waals surface area contributed by atoms with Gasteiger partial charge in [-0.3, -0.25) is 0 Å². The first-order chi connectivity index (χ1) is 35.1. The smallest absolute Gasteiger partial charge is 0.376 e. The summed E-state index contributed by atoms with van der Waals surface area (Å²) in [7, 11) is 0. The monoisotopic (exact) mass is 938 g/mol. The number of hydrogen-bond donors (Lipinski definition) is 0. The van der Waals surface area contributed by atoms with Crippen LogP contribution in [0.4, 0.5) is 28.4 Å². The van der Waals surface area contributed by atoms with E-state index in [1.54, 1.807) is 0 Å². The van der Waals surface area contributed by atoms with E-state index in [9.17, 15) is 0 Å². The number of para-hydroxylation sites is 1. The molecule has 0 radical (unpaired) electrons. The molecule has 0 N–H and O–H groups in total. The molecule has 5 nitrogen and oxygen atoms in total. The average molecular weight is 939 g/mol. The van der Waals surface area contributed by atoms with E-state index < -0.39 is 0 Å². The van der Waals surface area contributed by atoms with Crippen LogP contribution in [0.5, 0.6) is 0 Å². The van der Waals surface area contributed by atoms with Gasteiger partial charge in [0.2, 0.25) is 0 Å². The van der Waals surface area contributed by atoms with E-state index in [2.05, 4.69) is 203 Å². The van der Waals surface area contributed by atoms with Crippen molar-refractivity contribution in [1.82, 2.24) is 0 Å². The summed E-state index contributed by atoms with van der Waals surface area (Å²) < 4.78 is 21.8. The van der Waals surface area contributed by atoms with Gasteiger partial charge in [-0.05, 0) is 160 Å². The van der Waals surface area contributed by atoms with Crippen LogP contribution in [0.1, 0.15) is 102 Å². The van der Waals surface area contributed by atoms with E-state index in [0.29, 0.717) is 0 Å². The van der Waals surface area contributed by atoms with Crippen molar-refractivity contribution in [3.63, 3.8) is 0 Å². The number of aryl methyl sites for hydroxylation is 2. The molecule has 5 heterocycles. The minimum Gasteiger partial charge on any atom is -0.466 e. The molecular weight excluding hydrogens is 880 g/mol. The first-order valence-electron chi connectivity index (χ1n) is 26.5. The van der Waals surface area contributed by atoms with Crippen LogP contribution in [0.15, 0.2) is 165 Å². The van der Waals surface area contributed by atoms with Gasteiger partial charge in [-0.15, -0.1) is 0 Å². The van der Waals surface area contributed by atoms with E-state index in [1.165, 1.54) is 49.8 Å². The van der Waals surface area contributed by atoms with Crippen molar-refractivity contribution in [2.45, 2.75) is 104 Å². The highest BCUT2D eigenvalue weighted by Gasteiger charge is 2.50. The number of fused-ring (bicyclic) bond motifs is 14. The fourth-order valence-electron chi connectivity index (χ4n) is 12.8. The Balaban J connectivity index is 1.11. The number of nitrogens with zero attached hydrogens (tertiary/aromatic N) is 2. The van der Waals surface area contributed by atoms with Crippen molar-refractivity contribution < 1.29 is 13.3 Å². The highest BCUT2D eigenvalue weighted by atomic mass is 16.3. The Morgan fingerprint density at radius 1 is 0.486 bits per heavy atom. The molecule has 1 aliphatic carbocycles. The van der Waals surface area contributed by atoms with Gasteiger partial charge in [0.05, 0.1) is 11.4 Å². The maximum atomic E-state index is 7.45. The second-order valence-electron chi connectivity index (χ2n) is 22.3. The van der Waals surface area contributed by atoms with Gasteiger partial charge in [0, 0.05) is 55.6 Å². The number of rotatable bonds is 9. The van der Waals surface area contributed by atoms with Crippen molar-refractivity contribution in [3.8, 4) is 22.3 Å². The summed E-state index contributed by atoms with van der Waals surface area (Å²) in [6, 6.07) is 56.6. The molecule has 3 aromatic heterocycles. The van der Waals surface area contributed by atoms with E-state index in [1.807, 2.05) is 0 Å². The third kappa shape index (κ3) is 6.46. The summed E-state index contributed by atoms with van der Waals surface area (Å²) in [5.41, 5.74) is 22.2. The van der Waals surface area contributed by atoms with Crippen LogP contribution < -0.4 is 20.8 Å². The number of furan rings is 3. The number of unbranched alkanes of at least 4 members (excludes halogenated alkanes) is 2. The summed E-state index contributed by atoms with van der Waals surface area (Å²) in [6.07, 6.45) is 8.93. The molecule has 0 bridgehead atoms. The first kappa shape index (κ1) is 43.4. The van der Waals surface area contributed by atoms with Gasteiger partial charge in [0.1, 0.15) is 28.0 Å². The van der Waals surface area contributed by atoms with Gasteiger partial charge in [-0.25, -0.2) is 0 Å². The fourth-order valence-corrected chi connectivity index (χ4v) is 12.8. The van der Waals surface area contributed by atoms with E-state index in [0.717, 1.165) is 140 Å². The molecule has 0 spiro atoms. The SMILES string of the molecule is CCCCc1ccc(N2c3c(oc4ccc(CCCC)cc34)B3c4c(cc5c(oc6ccccc65)c42)-c2cc4c(cc2N3c2ccc(-c3ccccc3)cc2)oc2cc3c(cc24)C(C)(C)CCC3(C)C)cc1. The van der Waals surface area contributed by atoms with Crippen molar-refractivity contribution in [3.05, 3.63) is 174 Å². The Hall–Kier alpha value is -7.44. The van der Waals surface area contributed by atoms with Crippen molar-refractivity contribution >= 4 is 101 Å². The maximum absolute atomic E-state index is 7.45. The maximum Gasteiger partial charge on any atom is 0.376 e. The second kappa shape index (κ2) is 16.0. The molecule has 0 amide bonds. The molecule has 8 aromatic carbocycles. The molecule has 11 aromatic rings. The molecule has 6 heteroatoms. The van der Waals surface area contributed by atoms with Crippen molar-refractivity contribution in [2.24, 2.45) is 0 Å². The molecule has 354 valence electrons. The lowest BCUT2D eigenvalue weighted by Crippen LogP contribution is -2.61. The Bertz CT molecular complexity index is 3970. The Morgan fingerprint density at radius 2 is 1.11 bits per heavy atom. The van der Waals surface area contributed by atoms with Crippen LogP contribution in [0.2, 0.25) is 0 Å². The summed E-state index contributed by atoms with van der Waals surface area (Å²) in [5, 5.41) is 5.62. The van der Waals surface area contributed by atoms with Gasteiger partial charge in [-0.1, -0.05) is 133 Å². The summed E-state index contributed by atoms with van der Waals surface area (Å²) in [4.78, 5) is 5.04. The molecule has 2 aliphatic heterocycles. The van der Waals surface area contributed by atoms with Gasteiger partial charge in [-0.2, -0.15) is 0 Å². The van der Waals surface area contributed by atoms with Gasteiger partial charge in [0.15, 0.2) is 5.58 Å². The van der Waals surface area contributed by atoms with Crippen molar-refractivity contribution in [2.75, 3.05) is 9.71 Å². The van der Waals surface area contributed by atoms with Gasteiger partial charge >= 0.3 is 6.85 Å². The molecule has 0 saturated heterocycles. The lowest BCUT2D eigenvalue weighted by atomic mass is 9.45. The molecule has 14 rings (SSSR count). The zero-order valence-corrected chi connectivity index (χ0v) is 42.3. The second-order valence-corrected chi connectivity index (χ2v) is 22.3. The summed E-state index contributed by atoms with van der Waals surface area (Å²) >= 11 is 0. The zero-order chi connectivity index (χ0) is 48.6. The summed E-state index contributed by atoms with van der Waals surface area (Å²) in [6.45, 7) is 13.8. The molecule has 0 saturated carbocycles. The Labute approximate surface area is 422 Å². The van der Waals surface area contributed by atoms with Crippen LogP contribution in [-0.4, -0.2) is 6.85 Å². The van der Waals surface area contributed by atoms with E-state index >= 15 is 0 Å². The lowest BCUT2D eigenvalue weighted by Gasteiger charge is -2.43. The van der Waals surface area contributed by atoms with Gasteiger partial charge < -0.3 is 23.0 Å². The Kier molecular flexibility index (Phi) is 9.66. The number of anilines is 5. The first-order valence-corrected chi connectivity index (χ1v) is 26.5. The topological polar surface area (TPSA) is 45.9 Å². The minimum atomic E-state index is -0.361. The van der Waals surface area contributed by atoms with Crippen LogP contribution in [0.25, 0.3) is 77.1 Å². The van der Waals surface area contributed by atoms with Gasteiger partial charge in [0.25, 0.3) is 0 Å². The molecule has 3 aliphatic rings. The molecule has 0 fully saturated rings. The Morgan fingerprint density at radius 3 is 1.88 bits per heavy atom. The van der Waals surface area contributed by atoms with E-state index in [-0.39, 0.29) is 17.7 Å². The molecular formula is C66H59BN2O3. The molecule has 0 unspecified atom stereocenters. The minimum absolute atomic E-state index is 0.0535. The molecule has 0 atom stereocenters. The number of benzene rings is 8. The zero-order valence-electron chi connectivity index (χ0n) is 42.3. The van der Waals surface area contributed by atoms with Crippen LogP contribution in [-0.2, 0) is 23.7 Å². The van der Waals surface area contributed by atoms with Crippen LogP contribution >= 0.6 is 0 Å². The third-order valence-corrected chi connectivity index (χ3v) is 16.9. The predicted molar refractivity (Wildman–Crippen MR) is 302 cm³/mol. The normalized spacial score (nSPS) is 15.4. The third-order valence-electron chi connectivity index (χ3n) is 16.9. The average Bonchev–Trinajstić information content (AvgIpc) is 4.09. The van der Waals surface area contributed by atoms with Crippen LogP contribution in [0.3, 0.4) is 0 Å². The van der Waals surface area contributed by atoms with E-state index in [4.69, 9.17) is 13.3 Å². The quantitative estimate of drug-likeness (QED) is 0.135. The number of hydrogen-bond acceptors (Lipinski definition) is 5. The predicted octanol–water partition coefficient (Wildman–Crippen LogP) is 17.6. The fraction of sp³-hybridized carbons (Fsp3) is 0.242. The highest BCUT2D eigenvalue weighted by molar-refractivity contribution is 6.93.